The van der Waals surface area contributed by atoms with Crippen molar-refractivity contribution < 1.29 is 13.9 Å². The second-order valence-corrected chi connectivity index (χ2v) is 4.37. The number of urea groups is 1. The fourth-order valence-corrected chi connectivity index (χ4v) is 1.71. The Labute approximate surface area is 120 Å². The Hall–Kier alpha value is -2.27. The molecule has 0 fully saturated rings. The lowest BCUT2D eigenvalue weighted by atomic mass is 10.3. The van der Waals surface area contributed by atoms with Crippen LogP contribution in [0.2, 0.25) is 5.02 Å². The molecule has 0 saturated carbocycles. The molecule has 20 heavy (non-hydrogen) atoms. The predicted octanol–water partition coefficient (Wildman–Crippen LogP) is 4.13. The van der Waals surface area contributed by atoms with Crippen molar-refractivity contribution >= 4 is 29.0 Å². The number of halogens is 2. The summed E-state index contributed by atoms with van der Waals surface area (Å²) in [5.74, 6) is 0.0853. The first kappa shape index (κ1) is 14.1. The zero-order valence-electron chi connectivity index (χ0n) is 10.6. The van der Waals surface area contributed by atoms with Gasteiger partial charge in [0.1, 0.15) is 11.6 Å². The van der Waals surface area contributed by atoms with Crippen molar-refractivity contribution in [2.45, 2.75) is 0 Å². The van der Waals surface area contributed by atoms with Crippen molar-refractivity contribution in [3.63, 3.8) is 0 Å². The SMILES string of the molecule is COc1ccc(NC(=O)Nc2ccc(Cl)cc2F)cc1. The zero-order chi connectivity index (χ0) is 14.5. The normalized spacial score (nSPS) is 9.95. The molecule has 0 aliphatic carbocycles. The topological polar surface area (TPSA) is 50.4 Å². The lowest BCUT2D eigenvalue weighted by Gasteiger charge is -2.09. The van der Waals surface area contributed by atoms with E-state index < -0.39 is 11.8 Å². The van der Waals surface area contributed by atoms with Crippen molar-refractivity contribution in [2.24, 2.45) is 0 Å². The van der Waals surface area contributed by atoms with Crippen LogP contribution in [0.25, 0.3) is 0 Å². The van der Waals surface area contributed by atoms with Gasteiger partial charge in [0.2, 0.25) is 0 Å². The molecule has 0 spiro atoms. The molecule has 0 radical (unpaired) electrons. The van der Waals surface area contributed by atoms with Gasteiger partial charge in [-0.3, -0.25) is 0 Å². The number of hydrogen-bond acceptors (Lipinski definition) is 2. The summed E-state index contributed by atoms with van der Waals surface area (Å²) in [6.07, 6.45) is 0. The van der Waals surface area contributed by atoms with E-state index in [2.05, 4.69) is 10.6 Å². The quantitative estimate of drug-likeness (QED) is 0.894. The van der Waals surface area contributed by atoms with E-state index in [1.165, 1.54) is 12.1 Å². The summed E-state index contributed by atoms with van der Waals surface area (Å²) in [7, 11) is 1.55. The van der Waals surface area contributed by atoms with Gasteiger partial charge in [0, 0.05) is 10.7 Å². The third kappa shape index (κ3) is 3.61. The highest BCUT2D eigenvalue weighted by Crippen LogP contribution is 2.19. The molecule has 0 bridgehead atoms. The summed E-state index contributed by atoms with van der Waals surface area (Å²) < 4.78 is 18.5. The molecule has 0 atom stereocenters. The average molecular weight is 295 g/mol. The highest BCUT2D eigenvalue weighted by atomic mass is 35.5. The summed E-state index contributed by atoms with van der Waals surface area (Å²) in [5, 5.41) is 5.25. The van der Waals surface area contributed by atoms with Crippen LogP contribution < -0.4 is 15.4 Å². The molecular weight excluding hydrogens is 283 g/mol. The molecule has 0 unspecified atom stereocenters. The van der Waals surface area contributed by atoms with Gasteiger partial charge in [-0.05, 0) is 42.5 Å². The largest absolute Gasteiger partial charge is 0.497 e. The predicted molar refractivity (Wildman–Crippen MR) is 77.0 cm³/mol. The molecule has 2 rings (SSSR count). The lowest BCUT2D eigenvalue weighted by Crippen LogP contribution is -2.20. The van der Waals surface area contributed by atoms with Crippen LogP contribution in [0, 0.1) is 5.82 Å². The highest BCUT2D eigenvalue weighted by Gasteiger charge is 2.07. The Morgan fingerprint density at radius 1 is 1.15 bits per heavy atom. The smallest absolute Gasteiger partial charge is 0.323 e. The number of hydrogen-bond donors (Lipinski definition) is 2. The van der Waals surface area contributed by atoms with Crippen LogP contribution in [-0.4, -0.2) is 13.1 Å². The van der Waals surface area contributed by atoms with Gasteiger partial charge in [-0.2, -0.15) is 0 Å². The van der Waals surface area contributed by atoms with Crippen LogP contribution in [-0.2, 0) is 0 Å². The molecule has 2 aromatic rings. The van der Waals surface area contributed by atoms with Gasteiger partial charge in [0.05, 0.1) is 12.8 Å². The molecule has 104 valence electrons. The van der Waals surface area contributed by atoms with Crippen molar-refractivity contribution in [3.8, 4) is 5.75 Å². The van der Waals surface area contributed by atoms with Crippen molar-refractivity contribution in [3.05, 3.63) is 53.3 Å². The molecule has 0 saturated heterocycles. The number of carbonyl (C=O) groups excluding carboxylic acids is 1. The van der Waals surface area contributed by atoms with Crippen LogP contribution in [0.15, 0.2) is 42.5 Å². The minimum atomic E-state index is -0.595. The Morgan fingerprint density at radius 2 is 1.85 bits per heavy atom. The molecule has 0 aliphatic heterocycles. The number of rotatable bonds is 3. The maximum atomic E-state index is 13.5. The minimum absolute atomic E-state index is 0.0559. The molecule has 0 aliphatic rings. The molecule has 2 N–H and O–H groups in total. The van der Waals surface area contributed by atoms with Gasteiger partial charge in [-0.25, -0.2) is 9.18 Å². The Bertz CT molecular complexity index is 617. The molecule has 2 amide bonds. The second-order valence-electron chi connectivity index (χ2n) is 3.93. The third-order valence-corrected chi connectivity index (χ3v) is 2.76. The van der Waals surface area contributed by atoms with Crippen molar-refractivity contribution in [1.82, 2.24) is 0 Å². The van der Waals surface area contributed by atoms with Gasteiger partial charge < -0.3 is 15.4 Å². The number of methoxy groups -OCH3 is 1. The molecule has 4 nitrogen and oxygen atoms in total. The van der Waals surface area contributed by atoms with Crippen LogP contribution in [0.4, 0.5) is 20.6 Å². The van der Waals surface area contributed by atoms with Gasteiger partial charge in [0.25, 0.3) is 0 Å². The number of ether oxygens (including phenoxy) is 1. The average Bonchev–Trinajstić information content (AvgIpc) is 2.43. The van der Waals surface area contributed by atoms with Crippen LogP contribution in [0.1, 0.15) is 0 Å². The number of carbonyl (C=O) groups is 1. The Morgan fingerprint density at radius 3 is 2.45 bits per heavy atom. The van der Waals surface area contributed by atoms with E-state index in [4.69, 9.17) is 16.3 Å². The summed E-state index contributed by atoms with van der Waals surface area (Å²) in [6.45, 7) is 0. The van der Waals surface area contributed by atoms with Crippen LogP contribution in [0.3, 0.4) is 0 Å². The monoisotopic (exact) mass is 294 g/mol. The second kappa shape index (κ2) is 6.25. The lowest BCUT2D eigenvalue weighted by molar-refractivity contribution is 0.262. The number of benzene rings is 2. The summed E-state index contributed by atoms with van der Waals surface area (Å²) in [6, 6.07) is 10.2. The summed E-state index contributed by atoms with van der Waals surface area (Å²) >= 11 is 5.63. The van der Waals surface area contributed by atoms with Crippen molar-refractivity contribution in [1.29, 1.82) is 0 Å². The first-order valence-corrected chi connectivity index (χ1v) is 6.13. The first-order chi connectivity index (χ1) is 9.58. The Balaban J connectivity index is 2.01. The van der Waals surface area contributed by atoms with Gasteiger partial charge in [-0.1, -0.05) is 11.6 Å². The maximum absolute atomic E-state index is 13.5. The van der Waals surface area contributed by atoms with Gasteiger partial charge >= 0.3 is 6.03 Å². The third-order valence-electron chi connectivity index (χ3n) is 2.53. The molecule has 6 heteroatoms. The van der Waals surface area contributed by atoms with E-state index in [0.717, 1.165) is 6.07 Å². The molecule has 0 aromatic heterocycles. The van der Waals surface area contributed by atoms with Crippen molar-refractivity contribution in [2.75, 3.05) is 17.7 Å². The number of amides is 2. The zero-order valence-corrected chi connectivity index (χ0v) is 11.4. The van der Waals surface area contributed by atoms with E-state index >= 15 is 0 Å². The molecular formula is C14H12ClFN2O2. The fraction of sp³-hybridized carbons (Fsp3) is 0.0714. The molecule has 2 aromatic carbocycles. The van der Waals surface area contributed by atoms with E-state index in [1.807, 2.05) is 0 Å². The Kier molecular flexibility index (Phi) is 4.42. The standard InChI is InChI=1S/C14H12ClFN2O2/c1-20-11-5-3-10(4-6-11)17-14(19)18-13-7-2-9(15)8-12(13)16/h2-8H,1H3,(H2,17,18,19). The van der Waals surface area contributed by atoms with E-state index in [1.54, 1.807) is 31.4 Å². The van der Waals surface area contributed by atoms with Gasteiger partial charge in [-0.15, -0.1) is 0 Å². The maximum Gasteiger partial charge on any atom is 0.323 e. The highest BCUT2D eigenvalue weighted by molar-refractivity contribution is 6.30. The first-order valence-electron chi connectivity index (χ1n) is 5.75. The fourth-order valence-electron chi connectivity index (χ4n) is 1.55. The van der Waals surface area contributed by atoms with Gasteiger partial charge in [0.15, 0.2) is 0 Å². The van der Waals surface area contributed by atoms with E-state index in [9.17, 15) is 9.18 Å². The van der Waals surface area contributed by atoms with E-state index in [-0.39, 0.29) is 10.7 Å². The summed E-state index contributed by atoms with van der Waals surface area (Å²) in [5.41, 5.74) is 0.623. The summed E-state index contributed by atoms with van der Waals surface area (Å²) in [4.78, 5) is 11.7. The number of nitrogens with one attached hydrogen (secondary N) is 2. The molecule has 0 heterocycles. The van der Waals surface area contributed by atoms with E-state index in [0.29, 0.717) is 11.4 Å². The van der Waals surface area contributed by atoms with Crippen LogP contribution >= 0.6 is 11.6 Å². The minimum Gasteiger partial charge on any atom is -0.497 e. The van der Waals surface area contributed by atoms with Crippen LogP contribution in [0.5, 0.6) is 5.75 Å². The number of anilines is 2.